The molecule has 0 N–H and O–H groups in total. The maximum Gasteiger partial charge on any atom is 2.00 e. The fourth-order valence-corrected chi connectivity index (χ4v) is 0. The number of halogens is 8. The van der Waals surface area contributed by atoms with Gasteiger partial charge >= 0.3 is 56.5 Å². The quantitative estimate of drug-likeness (QED) is 0.550. The molecule has 0 radical (unpaired) electrons. The molecule has 0 nitrogen and oxygen atoms in total. The molecule has 0 aromatic rings. The molecule has 0 saturated carbocycles. The first-order valence-corrected chi connectivity index (χ1v) is 15.7. The van der Waals surface area contributed by atoms with Crippen LogP contribution in [0.2, 0.25) is 0 Å². The van der Waals surface area contributed by atoms with Crippen LogP contribution in [0.15, 0.2) is 0 Å². The Morgan fingerprint density at radius 3 is 0.455 bits per heavy atom. The molecule has 0 spiro atoms. The van der Waals surface area contributed by atoms with Crippen LogP contribution in [0.3, 0.4) is 0 Å². The van der Waals surface area contributed by atoms with E-state index in [1.54, 1.807) is 0 Å². The summed E-state index contributed by atoms with van der Waals surface area (Å²) in [5.41, 5.74) is 0. The minimum atomic E-state index is -2.94. The molecule has 0 aliphatic rings. The normalized spacial score (nSPS) is 10.9. The Labute approximate surface area is 134 Å². The van der Waals surface area contributed by atoms with Crippen molar-refractivity contribution >= 4 is 137 Å². The van der Waals surface area contributed by atoms with E-state index in [0.717, 1.165) is 0 Å². The first-order chi connectivity index (χ1) is 4.00. The van der Waals surface area contributed by atoms with Gasteiger partial charge in [-0.3, -0.25) is 0 Å². The molecule has 0 amide bonds. The van der Waals surface area contributed by atoms with Crippen molar-refractivity contribution in [3.05, 3.63) is 0 Å². The largest absolute Gasteiger partial charge is 2.00 e. The van der Waals surface area contributed by atoms with Gasteiger partial charge < -0.3 is 80.4 Å². The average Bonchev–Trinajstić information content (AvgIpc) is 1.12. The minimum Gasteiger partial charge on any atom is -0.391 e. The second-order valence-corrected chi connectivity index (χ2v) is 26.7. The molecule has 11 heteroatoms. The molecule has 0 aliphatic carbocycles. The van der Waals surface area contributed by atoms with Gasteiger partial charge in [-0.1, -0.05) is 0 Å². The smallest absolute Gasteiger partial charge is 0.391 e. The van der Waals surface area contributed by atoms with Gasteiger partial charge in [0, 0.05) is 0 Å². The van der Waals surface area contributed by atoms with Gasteiger partial charge in [0.05, 0.1) is 0 Å². The molecule has 0 aromatic heterocycles. The predicted octanol–water partition coefficient (Wildman–Crippen LogP) is 4.37. The van der Waals surface area contributed by atoms with E-state index < -0.39 is 18.8 Å². The fourth-order valence-electron chi connectivity index (χ4n) is 0. The zero-order valence-corrected chi connectivity index (χ0v) is 15.5. The number of hydrogen-bond acceptors (Lipinski definition) is 0. The molecule has 0 aliphatic heterocycles. The van der Waals surface area contributed by atoms with Crippen LogP contribution < -0.4 is 0 Å². The van der Waals surface area contributed by atoms with Gasteiger partial charge in [-0.25, -0.2) is 0 Å². The first-order valence-electron chi connectivity index (χ1n) is 1.75. The second-order valence-electron chi connectivity index (χ2n) is 0.990. The van der Waals surface area contributed by atoms with Crippen molar-refractivity contribution in [3.8, 4) is 0 Å². The Hall–Kier alpha value is 4.64. The summed E-state index contributed by atoms with van der Waals surface area (Å²) in [6.07, 6.45) is 0. The van der Waals surface area contributed by atoms with Crippen molar-refractivity contribution in [3.63, 3.8) is 0 Å². The van der Waals surface area contributed by atoms with Crippen LogP contribution in [-0.2, 0) is 0 Å². The Kier molecular flexibility index (Phi) is 18.8. The third-order valence-corrected chi connectivity index (χ3v) is 0. The van der Waals surface area contributed by atoms with Gasteiger partial charge in [-0.05, 0) is 0 Å². The molecule has 0 heterocycles. The summed E-state index contributed by atoms with van der Waals surface area (Å²) in [7, 11) is 34.1. The molecule has 11 heavy (non-hydrogen) atoms. The van der Waals surface area contributed by atoms with Crippen LogP contribution in [0.4, 0.5) is 0 Å². The van der Waals surface area contributed by atoms with Crippen LogP contribution >= 0.6 is 80.4 Å². The molecule has 0 atom stereocenters. The molecule has 0 fully saturated rings. The van der Waals surface area contributed by atoms with E-state index in [4.69, 9.17) is 80.4 Å². The second kappa shape index (κ2) is 9.84. The SMILES string of the molecule is [Ca+2].[Cl][Al-]([Cl])([Cl])[Cl].[Cl][Al-]([Cl])([Cl])[Cl]. The van der Waals surface area contributed by atoms with E-state index in [0.29, 0.717) is 0 Å². The summed E-state index contributed by atoms with van der Waals surface area (Å²) in [6.45, 7) is 0. The Bertz CT molecular complexity index is 55.1. The molecule has 0 bridgehead atoms. The van der Waals surface area contributed by atoms with Crippen LogP contribution in [0.1, 0.15) is 0 Å². The maximum absolute atomic E-state index is 4.99. The van der Waals surface area contributed by atoms with Crippen molar-refractivity contribution in [2.24, 2.45) is 0 Å². The summed E-state index contributed by atoms with van der Waals surface area (Å²) in [6, 6.07) is 0. The van der Waals surface area contributed by atoms with Gasteiger partial charge in [0.25, 0.3) is 0 Å². The average molecular weight is 378 g/mol. The van der Waals surface area contributed by atoms with Gasteiger partial charge in [0.2, 0.25) is 0 Å². The molecule has 0 saturated heterocycles. The Morgan fingerprint density at radius 1 is 0.455 bits per heavy atom. The van der Waals surface area contributed by atoms with Gasteiger partial charge in [0.1, 0.15) is 0 Å². The molecular formula is Al2CaCl8. The first kappa shape index (κ1) is 21.0. The summed E-state index contributed by atoms with van der Waals surface area (Å²) in [5.74, 6) is 0. The third-order valence-electron chi connectivity index (χ3n) is 0. The van der Waals surface area contributed by atoms with E-state index in [-0.39, 0.29) is 37.7 Å². The van der Waals surface area contributed by atoms with Crippen molar-refractivity contribution in [2.75, 3.05) is 0 Å². The molecule has 0 unspecified atom stereocenters. The van der Waals surface area contributed by atoms with Crippen molar-refractivity contribution in [1.29, 1.82) is 0 Å². The minimum absolute atomic E-state index is 0. The van der Waals surface area contributed by atoms with E-state index in [1.807, 2.05) is 0 Å². The van der Waals surface area contributed by atoms with Gasteiger partial charge in [0.15, 0.2) is 0 Å². The van der Waals surface area contributed by atoms with Gasteiger partial charge in [-0.2, -0.15) is 0 Å². The monoisotopic (exact) mass is 374 g/mol. The van der Waals surface area contributed by atoms with Crippen LogP contribution in [-0.4, -0.2) is 56.5 Å². The molecule has 64 valence electrons. The Morgan fingerprint density at radius 2 is 0.455 bits per heavy atom. The molecule has 0 rings (SSSR count). The summed E-state index contributed by atoms with van der Waals surface area (Å²) in [5, 5.41) is 0. The topological polar surface area (TPSA) is 0 Å². The molecular weight excluding hydrogens is 378 g/mol. The fraction of sp³-hybridized carbons (Fsp3) is 0. The summed E-state index contributed by atoms with van der Waals surface area (Å²) in [4.78, 5) is 0. The van der Waals surface area contributed by atoms with Gasteiger partial charge in [-0.15, -0.1) is 0 Å². The number of hydrogen-bond donors (Lipinski definition) is 0. The van der Waals surface area contributed by atoms with Crippen LogP contribution in [0.5, 0.6) is 0 Å². The molecule has 0 aromatic carbocycles. The van der Waals surface area contributed by atoms with E-state index in [1.165, 1.54) is 0 Å². The summed E-state index contributed by atoms with van der Waals surface area (Å²) >= 11 is 0. The van der Waals surface area contributed by atoms with E-state index >= 15 is 0 Å². The standard InChI is InChI=1S/2Al.Ca.8ClH/h;;;8*1H/q2*+3;+2;;;;;;;;/p-8. The Balaban J connectivity index is -0.000000107. The van der Waals surface area contributed by atoms with E-state index in [9.17, 15) is 0 Å². The van der Waals surface area contributed by atoms with E-state index in [2.05, 4.69) is 0 Å². The van der Waals surface area contributed by atoms with Crippen LogP contribution in [0, 0.1) is 0 Å². The predicted molar refractivity (Wildman–Crippen MR) is 64.1 cm³/mol. The van der Waals surface area contributed by atoms with Crippen LogP contribution in [0.25, 0.3) is 0 Å². The van der Waals surface area contributed by atoms with Crippen molar-refractivity contribution in [2.45, 2.75) is 0 Å². The van der Waals surface area contributed by atoms with Crippen molar-refractivity contribution < 1.29 is 0 Å². The maximum atomic E-state index is 4.99. The van der Waals surface area contributed by atoms with Crippen molar-refractivity contribution in [1.82, 2.24) is 0 Å². The third kappa shape index (κ3) is 109. The number of rotatable bonds is 0. The zero-order chi connectivity index (χ0) is 9.00. The zero-order valence-electron chi connectivity index (χ0n) is 4.89. The summed E-state index contributed by atoms with van der Waals surface area (Å²) < 4.78 is 0.